The summed E-state index contributed by atoms with van der Waals surface area (Å²) in [4.78, 5) is 27.2. The molecule has 0 aromatic carbocycles. The van der Waals surface area contributed by atoms with E-state index in [2.05, 4.69) is 15.3 Å². The molecule has 166 valence electrons. The van der Waals surface area contributed by atoms with E-state index in [1.165, 1.54) is 0 Å². The van der Waals surface area contributed by atoms with Gasteiger partial charge in [0.2, 0.25) is 0 Å². The molecule has 1 spiro atoms. The molecule has 2 aliphatic heterocycles. The van der Waals surface area contributed by atoms with Crippen molar-refractivity contribution in [3.8, 4) is 0 Å². The third-order valence-corrected chi connectivity index (χ3v) is 6.45. The summed E-state index contributed by atoms with van der Waals surface area (Å²) in [5, 5.41) is 7.27. The molecular weight excluding hydrogens is 384 g/mol. The van der Waals surface area contributed by atoms with Gasteiger partial charge in [0, 0.05) is 45.0 Å². The summed E-state index contributed by atoms with van der Waals surface area (Å²) in [7, 11) is 0. The number of Topliss-reactive ketones (excluding diaryl/α,β-unsaturated/α-hetero) is 1. The minimum atomic E-state index is -0.601. The zero-order valence-corrected chi connectivity index (χ0v) is 18.6. The first-order valence-electron chi connectivity index (χ1n) is 11.1. The number of carbonyl (C=O) groups excluding carboxylic acids is 2. The smallest absolute Gasteiger partial charge is 0.412 e. The van der Waals surface area contributed by atoms with Gasteiger partial charge >= 0.3 is 6.09 Å². The minimum absolute atomic E-state index is 0.0804. The molecule has 8 heteroatoms. The Morgan fingerprint density at radius 1 is 1.23 bits per heavy atom. The number of ketones is 1. The maximum absolute atomic E-state index is 12.4. The first kappa shape index (κ1) is 21.3. The maximum atomic E-state index is 12.4. The average molecular weight is 419 g/mol. The largest absolute Gasteiger partial charge is 0.444 e. The van der Waals surface area contributed by atoms with Crippen LogP contribution < -0.4 is 5.32 Å². The summed E-state index contributed by atoms with van der Waals surface area (Å²) in [6, 6.07) is 0.950. The number of anilines is 1. The summed E-state index contributed by atoms with van der Waals surface area (Å²) >= 11 is 0. The molecule has 1 aliphatic carbocycles. The molecule has 4 rings (SSSR count). The molecule has 1 amide bonds. The number of amides is 1. The molecule has 3 aliphatic rings. The van der Waals surface area contributed by atoms with E-state index < -0.39 is 11.7 Å². The van der Waals surface area contributed by atoms with E-state index in [4.69, 9.17) is 9.47 Å². The molecule has 0 radical (unpaired) electrons. The fraction of sp³-hybridized carbons (Fsp3) is 0.773. The molecule has 0 unspecified atom stereocenters. The van der Waals surface area contributed by atoms with E-state index in [-0.39, 0.29) is 11.8 Å². The molecule has 0 bridgehead atoms. The molecule has 30 heavy (non-hydrogen) atoms. The van der Waals surface area contributed by atoms with E-state index >= 15 is 0 Å². The number of rotatable bonds is 5. The van der Waals surface area contributed by atoms with Crippen molar-refractivity contribution >= 4 is 17.6 Å². The van der Waals surface area contributed by atoms with Crippen LogP contribution in [0.1, 0.15) is 76.3 Å². The van der Waals surface area contributed by atoms with E-state index in [1.807, 2.05) is 25.5 Å². The molecule has 1 aromatic heterocycles. The Hall–Kier alpha value is -1.93. The number of hydrogen-bond donors (Lipinski definition) is 1. The number of nitrogens with zero attached hydrogens (tertiary/aromatic N) is 3. The van der Waals surface area contributed by atoms with Crippen molar-refractivity contribution in [2.45, 2.75) is 77.5 Å². The van der Waals surface area contributed by atoms with Crippen LogP contribution in [0.2, 0.25) is 0 Å². The Bertz CT molecular complexity index is 793. The van der Waals surface area contributed by atoms with Crippen molar-refractivity contribution in [1.29, 1.82) is 0 Å². The van der Waals surface area contributed by atoms with Gasteiger partial charge in [-0.3, -0.25) is 19.7 Å². The SMILES string of the molecule is CCC(=O)c1nn(C2CC3(C2)CN(C2CCOCC2)C3)cc1NC(=O)OC(C)(C)C. The maximum Gasteiger partial charge on any atom is 0.412 e. The van der Waals surface area contributed by atoms with E-state index in [9.17, 15) is 9.59 Å². The van der Waals surface area contributed by atoms with Crippen LogP contribution in [0.25, 0.3) is 0 Å². The lowest BCUT2D eigenvalue weighted by molar-refractivity contribution is -0.124. The highest BCUT2D eigenvalue weighted by atomic mass is 16.6. The first-order chi connectivity index (χ1) is 14.2. The van der Waals surface area contributed by atoms with Crippen LogP contribution in [0.4, 0.5) is 10.5 Å². The molecule has 3 heterocycles. The summed E-state index contributed by atoms with van der Waals surface area (Å²) in [6.07, 6.45) is 5.98. The molecule has 1 aromatic rings. The Morgan fingerprint density at radius 3 is 2.50 bits per heavy atom. The lowest BCUT2D eigenvalue weighted by atomic mass is 9.60. The van der Waals surface area contributed by atoms with Crippen molar-refractivity contribution in [2.75, 3.05) is 31.6 Å². The number of likely N-dealkylation sites (tertiary alicyclic amines) is 1. The molecule has 3 fully saturated rings. The number of carbonyl (C=O) groups is 2. The van der Waals surface area contributed by atoms with Crippen molar-refractivity contribution in [3.05, 3.63) is 11.9 Å². The van der Waals surface area contributed by atoms with Crippen molar-refractivity contribution in [3.63, 3.8) is 0 Å². The molecule has 8 nitrogen and oxygen atoms in total. The Balaban J connectivity index is 1.37. The quantitative estimate of drug-likeness (QED) is 0.735. The fourth-order valence-electron chi connectivity index (χ4n) is 4.97. The van der Waals surface area contributed by atoms with Gasteiger partial charge in [-0.25, -0.2) is 4.79 Å². The average Bonchev–Trinajstić information content (AvgIpc) is 3.01. The van der Waals surface area contributed by atoms with Gasteiger partial charge in [0.1, 0.15) is 5.60 Å². The highest BCUT2D eigenvalue weighted by Crippen LogP contribution is 2.55. The number of nitrogens with one attached hydrogen (secondary N) is 1. The van der Waals surface area contributed by atoms with Crippen LogP contribution in [-0.2, 0) is 9.47 Å². The molecular formula is C22H34N4O4. The third-order valence-electron chi connectivity index (χ3n) is 6.45. The standard InChI is InChI=1S/C22H34N4O4/c1-5-18(27)19-17(23-20(28)30-21(2,3)4)12-26(24-19)16-10-22(11-16)13-25(14-22)15-6-8-29-9-7-15/h12,15-16H,5-11,13-14H2,1-4H3,(H,23,28). The molecule has 0 atom stereocenters. The molecule has 2 saturated heterocycles. The van der Waals surface area contributed by atoms with Crippen LogP contribution in [0, 0.1) is 5.41 Å². The highest BCUT2D eigenvalue weighted by molar-refractivity contribution is 6.02. The van der Waals surface area contributed by atoms with Crippen LogP contribution >= 0.6 is 0 Å². The summed E-state index contributed by atoms with van der Waals surface area (Å²) < 4.78 is 12.7. The summed E-state index contributed by atoms with van der Waals surface area (Å²) in [5.74, 6) is -0.0804. The van der Waals surface area contributed by atoms with Crippen molar-refractivity contribution in [2.24, 2.45) is 5.41 Å². The Morgan fingerprint density at radius 2 is 1.90 bits per heavy atom. The van der Waals surface area contributed by atoms with Gasteiger partial charge in [-0.15, -0.1) is 0 Å². The van der Waals surface area contributed by atoms with E-state index in [0.29, 0.717) is 29.3 Å². The second-order valence-electron chi connectivity index (χ2n) is 10.1. The number of ether oxygens (including phenoxy) is 2. The van der Waals surface area contributed by atoms with Gasteiger partial charge in [-0.1, -0.05) is 6.92 Å². The normalized spacial score (nSPS) is 22.4. The second-order valence-corrected chi connectivity index (χ2v) is 10.1. The lowest BCUT2D eigenvalue weighted by Crippen LogP contribution is -2.65. The summed E-state index contributed by atoms with van der Waals surface area (Å²) in [5.41, 5.74) is 0.551. The monoisotopic (exact) mass is 418 g/mol. The van der Waals surface area contributed by atoms with E-state index in [1.54, 1.807) is 13.1 Å². The van der Waals surface area contributed by atoms with Gasteiger partial charge in [0.25, 0.3) is 0 Å². The van der Waals surface area contributed by atoms with Gasteiger partial charge in [0.15, 0.2) is 11.5 Å². The Labute approximate surface area is 178 Å². The van der Waals surface area contributed by atoms with Crippen molar-refractivity contribution in [1.82, 2.24) is 14.7 Å². The highest BCUT2D eigenvalue weighted by Gasteiger charge is 2.54. The third kappa shape index (κ3) is 4.39. The minimum Gasteiger partial charge on any atom is -0.444 e. The zero-order valence-electron chi connectivity index (χ0n) is 18.6. The van der Waals surface area contributed by atoms with Gasteiger partial charge < -0.3 is 9.47 Å². The lowest BCUT2D eigenvalue weighted by Gasteiger charge is -2.61. The predicted octanol–water partition coefficient (Wildman–Crippen LogP) is 3.64. The summed E-state index contributed by atoms with van der Waals surface area (Å²) in [6.45, 7) is 11.3. The Kier molecular flexibility index (Phi) is 5.66. The topological polar surface area (TPSA) is 85.7 Å². The second kappa shape index (κ2) is 7.96. The number of aromatic nitrogens is 2. The van der Waals surface area contributed by atoms with Crippen LogP contribution in [0.15, 0.2) is 6.20 Å². The van der Waals surface area contributed by atoms with Crippen LogP contribution in [0.3, 0.4) is 0 Å². The van der Waals surface area contributed by atoms with E-state index in [0.717, 1.165) is 52.0 Å². The first-order valence-corrected chi connectivity index (χ1v) is 11.1. The van der Waals surface area contributed by atoms with Crippen LogP contribution in [-0.4, -0.2) is 64.5 Å². The zero-order chi connectivity index (χ0) is 21.5. The van der Waals surface area contributed by atoms with Crippen LogP contribution in [0.5, 0.6) is 0 Å². The van der Waals surface area contributed by atoms with Gasteiger partial charge in [-0.05, 0) is 51.9 Å². The number of hydrogen-bond acceptors (Lipinski definition) is 6. The van der Waals surface area contributed by atoms with Crippen molar-refractivity contribution < 1.29 is 19.1 Å². The molecule has 1 saturated carbocycles. The van der Waals surface area contributed by atoms with Gasteiger partial charge in [0.05, 0.1) is 11.7 Å². The molecule has 1 N–H and O–H groups in total. The van der Waals surface area contributed by atoms with Gasteiger partial charge in [-0.2, -0.15) is 5.10 Å². The predicted molar refractivity (Wildman–Crippen MR) is 113 cm³/mol. The fourth-order valence-corrected chi connectivity index (χ4v) is 4.97.